The zero-order chi connectivity index (χ0) is 16.8. The van der Waals surface area contributed by atoms with Crippen molar-refractivity contribution in [1.29, 1.82) is 0 Å². The molecule has 0 saturated heterocycles. The van der Waals surface area contributed by atoms with E-state index < -0.39 is 6.61 Å². The fraction of sp³-hybridized carbons (Fsp3) is 0.0625. The number of halogens is 4. The second-order valence-corrected chi connectivity index (χ2v) is 5.21. The summed E-state index contributed by atoms with van der Waals surface area (Å²) >= 11 is 11.7. The molecule has 0 radical (unpaired) electrons. The Kier molecular flexibility index (Phi) is 5.96. The van der Waals surface area contributed by atoms with E-state index in [9.17, 15) is 13.6 Å². The molecule has 2 rings (SSSR count). The van der Waals surface area contributed by atoms with E-state index in [1.807, 2.05) is 0 Å². The first-order chi connectivity index (χ1) is 10.9. The van der Waals surface area contributed by atoms with Gasteiger partial charge in [0, 0.05) is 11.8 Å². The van der Waals surface area contributed by atoms with Gasteiger partial charge in [-0.15, -0.1) is 0 Å². The summed E-state index contributed by atoms with van der Waals surface area (Å²) in [6.45, 7) is -2.88. The van der Waals surface area contributed by atoms with Gasteiger partial charge in [0.05, 0.1) is 10.0 Å². The van der Waals surface area contributed by atoms with Crippen molar-refractivity contribution in [2.75, 3.05) is 5.32 Å². The zero-order valence-electron chi connectivity index (χ0n) is 11.6. The summed E-state index contributed by atoms with van der Waals surface area (Å²) in [5.41, 5.74) is 1.17. The Bertz CT molecular complexity index is 719. The van der Waals surface area contributed by atoms with Crippen LogP contribution < -0.4 is 10.1 Å². The third-order valence-corrected chi connectivity index (χ3v) is 3.46. The van der Waals surface area contributed by atoms with Crippen molar-refractivity contribution in [2.45, 2.75) is 6.61 Å². The van der Waals surface area contributed by atoms with E-state index in [0.29, 0.717) is 15.7 Å². The molecule has 1 amide bonds. The summed E-state index contributed by atoms with van der Waals surface area (Å²) in [6.07, 6.45) is 2.90. The number of ether oxygens (including phenoxy) is 1. The summed E-state index contributed by atoms with van der Waals surface area (Å²) in [4.78, 5) is 11.8. The minimum absolute atomic E-state index is 0.0179. The number of anilines is 1. The fourth-order valence-corrected chi connectivity index (χ4v) is 2.00. The molecule has 0 heterocycles. The van der Waals surface area contributed by atoms with Crippen LogP contribution in [0.1, 0.15) is 5.56 Å². The van der Waals surface area contributed by atoms with Crippen LogP contribution in [0.2, 0.25) is 10.0 Å². The quantitative estimate of drug-likeness (QED) is 0.742. The molecule has 3 nitrogen and oxygen atoms in total. The summed E-state index contributed by atoms with van der Waals surface area (Å²) in [5, 5.41) is 3.41. The number of nitrogens with one attached hydrogen (secondary N) is 1. The maximum absolute atomic E-state index is 12.0. The van der Waals surface area contributed by atoms with Gasteiger partial charge >= 0.3 is 6.61 Å². The number of amides is 1. The van der Waals surface area contributed by atoms with Gasteiger partial charge in [0.1, 0.15) is 5.75 Å². The van der Waals surface area contributed by atoms with Crippen LogP contribution in [0.4, 0.5) is 14.5 Å². The molecule has 2 aromatic carbocycles. The van der Waals surface area contributed by atoms with E-state index in [2.05, 4.69) is 10.1 Å². The van der Waals surface area contributed by atoms with Gasteiger partial charge in [-0.25, -0.2) is 0 Å². The van der Waals surface area contributed by atoms with Gasteiger partial charge in [0.15, 0.2) is 0 Å². The first-order valence-electron chi connectivity index (χ1n) is 6.43. The standard InChI is InChI=1S/C16H11Cl2F2NO2/c17-13-7-1-10(9-14(13)18)2-8-15(22)21-11-3-5-12(6-4-11)23-16(19)20/h1-9,16H,(H,21,22)/b8-2+. The smallest absolute Gasteiger partial charge is 0.387 e. The Balaban J connectivity index is 1.96. The van der Waals surface area contributed by atoms with Crippen LogP contribution in [0, 0.1) is 0 Å². The number of carbonyl (C=O) groups excluding carboxylic acids is 1. The molecule has 0 saturated carbocycles. The second kappa shape index (κ2) is 7.94. The molecule has 1 N–H and O–H groups in total. The first kappa shape index (κ1) is 17.2. The Morgan fingerprint density at radius 1 is 1.09 bits per heavy atom. The van der Waals surface area contributed by atoms with Crippen LogP contribution in [-0.2, 0) is 4.79 Å². The third kappa shape index (κ3) is 5.54. The van der Waals surface area contributed by atoms with Crippen molar-refractivity contribution in [3.63, 3.8) is 0 Å². The lowest BCUT2D eigenvalue weighted by molar-refractivity contribution is -0.111. The van der Waals surface area contributed by atoms with E-state index in [1.165, 1.54) is 30.3 Å². The van der Waals surface area contributed by atoms with Gasteiger partial charge in [0.2, 0.25) is 5.91 Å². The summed E-state index contributed by atoms with van der Waals surface area (Å²) < 4.78 is 28.3. The van der Waals surface area contributed by atoms with Crippen LogP contribution >= 0.6 is 23.2 Å². The van der Waals surface area contributed by atoms with Crippen LogP contribution in [0.25, 0.3) is 6.08 Å². The highest BCUT2D eigenvalue weighted by molar-refractivity contribution is 6.42. The minimum Gasteiger partial charge on any atom is -0.435 e. The lowest BCUT2D eigenvalue weighted by Gasteiger charge is -2.06. The van der Waals surface area contributed by atoms with Gasteiger partial charge < -0.3 is 10.1 Å². The second-order valence-electron chi connectivity index (χ2n) is 4.40. The Hall–Kier alpha value is -2.11. The molecular formula is C16H11Cl2F2NO2. The average Bonchev–Trinajstić information content (AvgIpc) is 2.50. The average molecular weight is 358 g/mol. The number of hydrogen-bond acceptors (Lipinski definition) is 2. The number of benzene rings is 2. The van der Waals surface area contributed by atoms with Gasteiger partial charge in [-0.2, -0.15) is 8.78 Å². The largest absolute Gasteiger partial charge is 0.435 e. The molecule has 23 heavy (non-hydrogen) atoms. The minimum atomic E-state index is -2.88. The third-order valence-electron chi connectivity index (χ3n) is 2.72. The van der Waals surface area contributed by atoms with E-state index in [1.54, 1.807) is 24.3 Å². The first-order valence-corrected chi connectivity index (χ1v) is 7.18. The Morgan fingerprint density at radius 2 is 1.78 bits per heavy atom. The molecule has 0 aliphatic carbocycles. The van der Waals surface area contributed by atoms with E-state index in [-0.39, 0.29) is 11.7 Å². The van der Waals surface area contributed by atoms with Crippen molar-refractivity contribution in [3.8, 4) is 5.75 Å². The monoisotopic (exact) mass is 357 g/mol. The highest BCUT2D eigenvalue weighted by Crippen LogP contribution is 2.23. The molecule has 0 spiro atoms. The number of hydrogen-bond donors (Lipinski definition) is 1. The Morgan fingerprint density at radius 3 is 2.39 bits per heavy atom. The predicted octanol–water partition coefficient (Wildman–Crippen LogP) is 5.25. The van der Waals surface area contributed by atoms with Crippen LogP contribution in [0.15, 0.2) is 48.5 Å². The molecule has 0 bridgehead atoms. The predicted molar refractivity (Wildman–Crippen MR) is 87.2 cm³/mol. The molecule has 120 valence electrons. The number of carbonyl (C=O) groups is 1. The topological polar surface area (TPSA) is 38.3 Å². The summed E-state index contributed by atoms with van der Waals surface area (Å²) in [7, 11) is 0. The van der Waals surface area contributed by atoms with Gasteiger partial charge in [0.25, 0.3) is 0 Å². The van der Waals surface area contributed by atoms with Crippen molar-refractivity contribution in [3.05, 3.63) is 64.1 Å². The van der Waals surface area contributed by atoms with Crippen molar-refractivity contribution >= 4 is 40.9 Å². The van der Waals surface area contributed by atoms with Crippen molar-refractivity contribution in [1.82, 2.24) is 0 Å². The van der Waals surface area contributed by atoms with Crippen molar-refractivity contribution in [2.24, 2.45) is 0 Å². The van der Waals surface area contributed by atoms with Crippen LogP contribution in [-0.4, -0.2) is 12.5 Å². The normalized spacial score (nSPS) is 11.0. The molecule has 2 aromatic rings. The highest BCUT2D eigenvalue weighted by Gasteiger charge is 2.04. The maximum atomic E-state index is 12.0. The molecular weight excluding hydrogens is 347 g/mol. The zero-order valence-corrected chi connectivity index (χ0v) is 13.1. The highest BCUT2D eigenvalue weighted by atomic mass is 35.5. The van der Waals surface area contributed by atoms with Crippen LogP contribution in [0.3, 0.4) is 0 Å². The lowest BCUT2D eigenvalue weighted by Crippen LogP contribution is -2.08. The van der Waals surface area contributed by atoms with Crippen LogP contribution in [0.5, 0.6) is 5.75 Å². The molecule has 0 unspecified atom stereocenters. The van der Waals surface area contributed by atoms with Gasteiger partial charge in [-0.3, -0.25) is 4.79 Å². The number of rotatable bonds is 5. The molecule has 0 aliphatic heterocycles. The molecule has 0 fully saturated rings. The Labute approximate surface area is 141 Å². The van der Waals surface area contributed by atoms with E-state index in [4.69, 9.17) is 23.2 Å². The maximum Gasteiger partial charge on any atom is 0.387 e. The van der Waals surface area contributed by atoms with Gasteiger partial charge in [-0.05, 0) is 48.0 Å². The van der Waals surface area contributed by atoms with E-state index in [0.717, 1.165) is 5.56 Å². The molecule has 0 aliphatic rings. The fourth-order valence-electron chi connectivity index (χ4n) is 1.69. The van der Waals surface area contributed by atoms with Gasteiger partial charge in [-0.1, -0.05) is 29.3 Å². The molecule has 7 heteroatoms. The lowest BCUT2D eigenvalue weighted by atomic mass is 10.2. The number of alkyl halides is 2. The van der Waals surface area contributed by atoms with E-state index >= 15 is 0 Å². The molecule has 0 aromatic heterocycles. The SMILES string of the molecule is O=C(/C=C/c1ccc(Cl)c(Cl)c1)Nc1ccc(OC(F)F)cc1. The summed E-state index contributed by atoms with van der Waals surface area (Å²) in [5.74, 6) is -0.358. The van der Waals surface area contributed by atoms with Crippen molar-refractivity contribution < 1.29 is 18.3 Å². The molecule has 0 atom stereocenters. The summed E-state index contributed by atoms with van der Waals surface area (Å²) in [6, 6.07) is 10.6.